The van der Waals surface area contributed by atoms with Crippen molar-refractivity contribution in [2.75, 3.05) is 5.32 Å². The molecule has 7 nitrogen and oxygen atoms in total. The first-order valence-electron chi connectivity index (χ1n) is 6.62. The highest BCUT2D eigenvalue weighted by Crippen LogP contribution is 2.18. The summed E-state index contributed by atoms with van der Waals surface area (Å²) < 4.78 is 0. The summed E-state index contributed by atoms with van der Waals surface area (Å²) in [6.07, 6.45) is 1.82. The van der Waals surface area contributed by atoms with E-state index in [1.54, 1.807) is 19.1 Å². The topological polar surface area (TPSA) is 101 Å². The van der Waals surface area contributed by atoms with E-state index < -0.39 is 10.8 Å². The van der Waals surface area contributed by atoms with Crippen LogP contribution in [0.3, 0.4) is 0 Å². The van der Waals surface area contributed by atoms with Gasteiger partial charge in [0, 0.05) is 29.5 Å². The molecule has 2 aromatic rings. The molecule has 0 saturated heterocycles. The molecule has 0 atom stereocenters. The number of rotatable bonds is 5. The summed E-state index contributed by atoms with van der Waals surface area (Å²) >= 11 is 0. The van der Waals surface area contributed by atoms with Crippen LogP contribution in [0.2, 0.25) is 0 Å². The van der Waals surface area contributed by atoms with Gasteiger partial charge in [0.25, 0.3) is 11.6 Å². The van der Waals surface area contributed by atoms with Crippen LogP contribution in [0.15, 0.2) is 24.3 Å². The lowest BCUT2D eigenvalue weighted by molar-refractivity contribution is -0.384. The number of H-pyrrole nitrogens is 1. The molecular formula is C14H16N4O3. The number of carbonyl (C=O) groups is 1. The fourth-order valence-corrected chi connectivity index (χ4v) is 1.97. The Morgan fingerprint density at radius 1 is 1.43 bits per heavy atom. The van der Waals surface area contributed by atoms with Gasteiger partial charge in [0.15, 0.2) is 5.82 Å². The molecule has 2 rings (SSSR count). The number of nitrogens with one attached hydrogen (secondary N) is 2. The number of anilines is 1. The van der Waals surface area contributed by atoms with Crippen molar-refractivity contribution in [3.05, 3.63) is 51.2 Å². The zero-order chi connectivity index (χ0) is 15.4. The van der Waals surface area contributed by atoms with E-state index >= 15 is 0 Å². The highest BCUT2D eigenvalue weighted by Gasteiger charge is 2.15. The van der Waals surface area contributed by atoms with E-state index in [1.807, 2.05) is 6.92 Å². The molecule has 0 saturated carbocycles. The van der Waals surface area contributed by atoms with E-state index in [2.05, 4.69) is 15.5 Å². The number of carbonyl (C=O) groups excluding carboxylic acids is 1. The zero-order valence-electron chi connectivity index (χ0n) is 11.8. The highest BCUT2D eigenvalue weighted by atomic mass is 16.6. The maximum absolute atomic E-state index is 12.2. The summed E-state index contributed by atoms with van der Waals surface area (Å²) in [5, 5.41) is 20.2. The molecule has 0 radical (unpaired) electrons. The molecule has 0 unspecified atom stereocenters. The summed E-state index contributed by atoms with van der Waals surface area (Å²) in [6.45, 7) is 3.78. The molecule has 7 heteroatoms. The minimum absolute atomic E-state index is 0.112. The van der Waals surface area contributed by atoms with Gasteiger partial charge in [0.2, 0.25) is 0 Å². The average molecular weight is 288 g/mol. The lowest BCUT2D eigenvalue weighted by atomic mass is 10.1. The second-order valence-corrected chi connectivity index (χ2v) is 4.74. The van der Waals surface area contributed by atoms with Crippen LogP contribution in [0.1, 0.15) is 35.0 Å². The smallest absolute Gasteiger partial charge is 0.270 e. The van der Waals surface area contributed by atoms with Gasteiger partial charge in [0.1, 0.15) is 0 Å². The molecule has 0 bridgehead atoms. The second kappa shape index (κ2) is 6.17. The van der Waals surface area contributed by atoms with Crippen LogP contribution < -0.4 is 5.32 Å². The Hall–Kier alpha value is -2.70. The first kappa shape index (κ1) is 14.7. The first-order chi connectivity index (χ1) is 10.0. The van der Waals surface area contributed by atoms with Crippen LogP contribution in [0.5, 0.6) is 0 Å². The van der Waals surface area contributed by atoms with Gasteiger partial charge in [-0.1, -0.05) is 19.4 Å². The number of nitrogens with zero attached hydrogens (tertiary/aromatic N) is 2. The van der Waals surface area contributed by atoms with Crippen LogP contribution in [0, 0.1) is 17.0 Å². The number of non-ortho nitro benzene ring substituents is 1. The van der Waals surface area contributed by atoms with E-state index in [1.165, 1.54) is 12.1 Å². The predicted molar refractivity (Wildman–Crippen MR) is 78.4 cm³/mol. The molecular weight excluding hydrogens is 272 g/mol. The number of aromatic amines is 1. The van der Waals surface area contributed by atoms with Crippen LogP contribution in [-0.2, 0) is 6.42 Å². The Bertz CT molecular complexity index is 679. The first-order valence-corrected chi connectivity index (χ1v) is 6.62. The lowest BCUT2D eigenvalue weighted by Gasteiger charge is -2.05. The monoisotopic (exact) mass is 288 g/mol. The Balaban J connectivity index is 2.19. The quantitative estimate of drug-likeness (QED) is 0.652. The summed E-state index contributed by atoms with van der Waals surface area (Å²) in [5.41, 5.74) is 1.76. The molecule has 0 aliphatic heterocycles. The van der Waals surface area contributed by atoms with Crippen molar-refractivity contribution in [2.24, 2.45) is 0 Å². The average Bonchev–Trinajstić information content (AvgIpc) is 2.86. The van der Waals surface area contributed by atoms with Crippen LogP contribution in [-0.4, -0.2) is 21.0 Å². The maximum atomic E-state index is 12.2. The molecule has 0 aliphatic rings. The number of hydrogen-bond donors (Lipinski definition) is 2. The van der Waals surface area contributed by atoms with Crippen molar-refractivity contribution in [1.29, 1.82) is 0 Å². The number of amides is 1. The van der Waals surface area contributed by atoms with Gasteiger partial charge in [0.05, 0.1) is 4.92 Å². The van der Waals surface area contributed by atoms with E-state index in [0.29, 0.717) is 11.4 Å². The SMILES string of the molecule is CCCc1cc(NC(=O)c2cc([N+](=O)[O-])ccc2C)n[nH]1. The second-order valence-electron chi connectivity index (χ2n) is 4.74. The van der Waals surface area contributed by atoms with Crippen LogP contribution in [0.25, 0.3) is 0 Å². The molecule has 0 spiro atoms. The maximum Gasteiger partial charge on any atom is 0.270 e. The van der Waals surface area contributed by atoms with E-state index in [0.717, 1.165) is 18.5 Å². The number of aromatic nitrogens is 2. The van der Waals surface area contributed by atoms with Gasteiger partial charge >= 0.3 is 0 Å². The van der Waals surface area contributed by atoms with E-state index in [9.17, 15) is 14.9 Å². The van der Waals surface area contributed by atoms with Crippen LogP contribution >= 0.6 is 0 Å². The molecule has 1 heterocycles. The van der Waals surface area contributed by atoms with Gasteiger partial charge in [-0.2, -0.15) is 5.10 Å². The fraction of sp³-hybridized carbons (Fsp3) is 0.286. The molecule has 0 aliphatic carbocycles. The molecule has 0 fully saturated rings. The van der Waals surface area contributed by atoms with Gasteiger partial charge in [-0.15, -0.1) is 0 Å². The minimum atomic E-state index is -0.524. The van der Waals surface area contributed by atoms with Crippen LogP contribution in [0.4, 0.5) is 11.5 Å². The standard InChI is InChI=1S/C14H16N4O3/c1-3-4-10-7-13(17-16-10)15-14(19)12-8-11(18(20)21)6-5-9(12)2/h5-8H,3-4H2,1-2H3,(H2,15,16,17,19). The molecule has 1 amide bonds. The Morgan fingerprint density at radius 2 is 2.19 bits per heavy atom. The summed E-state index contributed by atoms with van der Waals surface area (Å²) in [6, 6.07) is 5.96. The van der Waals surface area contributed by atoms with Crippen molar-refractivity contribution in [3.8, 4) is 0 Å². The largest absolute Gasteiger partial charge is 0.305 e. The van der Waals surface area contributed by atoms with Crippen molar-refractivity contribution in [2.45, 2.75) is 26.7 Å². The number of aryl methyl sites for hydroxylation is 2. The Morgan fingerprint density at radius 3 is 2.86 bits per heavy atom. The van der Waals surface area contributed by atoms with Crippen molar-refractivity contribution >= 4 is 17.4 Å². The number of hydrogen-bond acceptors (Lipinski definition) is 4. The van der Waals surface area contributed by atoms with E-state index in [4.69, 9.17) is 0 Å². The van der Waals surface area contributed by atoms with Gasteiger partial charge in [-0.3, -0.25) is 20.0 Å². The lowest BCUT2D eigenvalue weighted by Crippen LogP contribution is -2.14. The molecule has 2 N–H and O–H groups in total. The molecule has 110 valence electrons. The van der Waals surface area contributed by atoms with Gasteiger partial charge in [-0.25, -0.2) is 0 Å². The fourth-order valence-electron chi connectivity index (χ4n) is 1.97. The zero-order valence-corrected chi connectivity index (χ0v) is 11.8. The molecule has 1 aromatic carbocycles. The Kier molecular flexibility index (Phi) is 4.32. The minimum Gasteiger partial charge on any atom is -0.305 e. The number of nitro benzene ring substituents is 1. The molecule has 1 aromatic heterocycles. The Labute approximate surface area is 121 Å². The van der Waals surface area contributed by atoms with Crippen molar-refractivity contribution in [1.82, 2.24) is 10.2 Å². The highest BCUT2D eigenvalue weighted by molar-refractivity contribution is 6.05. The third-order valence-corrected chi connectivity index (χ3v) is 3.07. The summed E-state index contributed by atoms with van der Waals surface area (Å²) in [4.78, 5) is 22.4. The number of nitro groups is 1. The normalized spacial score (nSPS) is 10.4. The van der Waals surface area contributed by atoms with Gasteiger partial charge < -0.3 is 5.32 Å². The predicted octanol–water partition coefficient (Wildman–Crippen LogP) is 2.83. The van der Waals surface area contributed by atoms with Crippen molar-refractivity contribution in [3.63, 3.8) is 0 Å². The summed E-state index contributed by atoms with van der Waals surface area (Å²) in [7, 11) is 0. The van der Waals surface area contributed by atoms with E-state index in [-0.39, 0.29) is 11.3 Å². The number of benzene rings is 1. The van der Waals surface area contributed by atoms with Gasteiger partial charge in [-0.05, 0) is 18.9 Å². The third-order valence-electron chi connectivity index (χ3n) is 3.07. The summed E-state index contributed by atoms with van der Waals surface area (Å²) in [5.74, 6) is 0.0000968. The van der Waals surface area contributed by atoms with Crippen molar-refractivity contribution < 1.29 is 9.72 Å². The third kappa shape index (κ3) is 3.44. The molecule has 21 heavy (non-hydrogen) atoms.